The number of benzene rings is 1. The molecule has 1 rings (SSSR count). The molecule has 0 aliphatic carbocycles. The van der Waals surface area contributed by atoms with Crippen LogP contribution in [0.5, 0.6) is 5.75 Å². The normalized spacial score (nSPS) is 9.93. The molecule has 14 heavy (non-hydrogen) atoms. The second-order valence-electron chi connectivity index (χ2n) is 2.77. The summed E-state index contributed by atoms with van der Waals surface area (Å²) in [5.74, 6) is 0.974. The fourth-order valence-corrected chi connectivity index (χ4v) is 1.37. The molecule has 0 spiro atoms. The van der Waals surface area contributed by atoms with Crippen LogP contribution in [0.3, 0.4) is 0 Å². The van der Waals surface area contributed by atoms with Crippen molar-refractivity contribution < 1.29 is 9.13 Å². The zero-order chi connectivity index (χ0) is 10.4. The number of nitrogens with one attached hydrogen (secondary N) is 1. The van der Waals surface area contributed by atoms with Gasteiger partial charge in [-0.05, 0) is 18.4 Å². The van der Waals surface area contributed by atoms with Crippen molar-refractivity contribution in [3.63, 3.8) is 0 Å². The molecule has 0 fully saturated rings. The van der Waals surface area contributed by atoms with E-state index in [0.717, 1.165) is 18.0 Å². The topological polar surface area (TPSA) is 21.3 Å². The molecule has 0 unspecified atom stereocenters. The highest BCUT2D eigenvalue weighted by Gasteiger charge is 2.02. The van der Waals surface area contributed by atoms with Crippen molar-refractivity contribution >= 4 is 17.4 Å². The Labute approximate surface area is 87.8 Å². The quantitative estimate of drug-likeness (QED) is 0.763. The van der Waals surface area contributed by atoms with Crippen molar-refractivity contribution in [3.8, 4) is 5.75 Å². The van der Waals surface area contributed by atoms with Crippen LogP contribution in [0, 0.1) is 5.82 Å². The van der Waals surface area contributed by atoms with E-state index in [9.17, 15) is 4.39 Å². The van der Waals surface area contributed by atoms with Gasteiger partial charge in [0.25, 0.3) is 0 Å². The van der Waals surface area contributed by atoms with E-state index in [4.69, 9.17) is 4.74 Å². The third kappa shape index (κ3) is 3.10. The lowest BCUT2D eigenvalue weighted by molar-refractivity contribution is 0.387. The summed E-state index contributed by atoms with van der Waals surface area (Å²) >= 11 is 1.77. The Bertz CT molecular complexity index is 293. The summed E-state index contributed by atoms with van der Waals surface area (Å²) in [7, 11) is 1.46. The summed E-state index contributed by atoms with van der Waals surface area (Å²) in [6.07, 6.45) is 2.05. The molecule has 0 bridgehead atoms. The van der Waals surface area contributed by atoms with E-state index in [1.54, 1.807) is 23.9 Å². The molecule has 0 amide bonds. The third-order valence-electron chi connectivity index (χ3n) is 1.79. The maximum absolute atomic E-state index is 13.0. The molecule has 0 aromatic heterocycles. The molecule has 1 N–H and O–H groups in total. The van der Waals surface area contributed by atoms with E-state index in [0.29, 0.717) is 0 Å². The Morgan fingerprint density at radius 1 is 1.50 bits per heavy atom. The number of hydrogen-bond acceptors (Lipinski definition) is 3. The first-order chi connectivity index (χ1) is 6.77. The van der Waals surface area contributed by atoms with Crippen LogP contribution >= 0.6 is 11.8 Å². The molecule has 0 aliphatic heterocycles. The minimum absolute atomic E-state index is 0.277. The molecular weight excluding hydrogens is 201 g/mol. The van der Waals surface area contributed by atoms with Gasteiger partial charge in [-0.3, -0.25) is 0 Å². The first kappa shape index (κ1) is 11.2. The molecule has 0 heterocycles. The molecule has 1 aromatic carbocycles. The Hall–Kier alpha value is -0.900. The van der Waals surface area contributed by atoms with Crippen LogP contribution in [0.4, 0.5) is 10.1 Å². The summed E-state index contributed by atoms with van der Waals surface area (Å²) in [5.41, 5.74) is 0.886. The van der Waals surface area contributed by atoms with Gasteiger partial charge in [0.05, 0.1) is 7.11 Å². The minimum atomic E-state index is -0.331. The maximum Gasteiger partial charge on any atom is 0.165 e. The summed E-state index contributed by atoms with van der Waals surface area (Å²) in [4.78, 5) is 0. The smallest absolute Gasteiger partial charge is 0.165 e. The maximum atomic E-state index is 13.0. The summed E-state index contributed by atoms with van der Waals surface area (Å²) in [6.45, 7) is 0.871. The first-order valence-corrected chi connectivity index (χ1v) is 5.73. The molecule has 1 aromatic rings. The van der Waals surface area contributed by atoms with Crippen LogP contribution in [0.15, 0.2) is 18.2 Å². The summed E-state index contributed by atoms with van der Waals surface area (Å²) in [5, 5.41) is 3.18. The van der Waals surface area contributed by atoms with Gasteiger partial charge in [0.1, 0.15) is 0 Å². The van der Waals surface area contributed by atoms with Crippen molar-refractivity contribution in [2.75, 3.05) is 31.0 Å². The van der Waals surface area contributed by atoms with E-state index < -0.39 is 0 Å². The Morgan fingerprint density at radius 2 is 2.29 bits per heavy atom. The van der Waals surface area contributed by atoms with E-state index in [1.807, 2.05) is 6.26 Å². The molecule has 0 radical (unpaired) electrons. The lowest BCUT2D eigenvalue weighted by Gasteiger charge is -2.07. The number of ether oxygens (including phenoxy) is 1. The van der Waals surface area contributed by atoms with Gasteiger partial charge < -0.3 is 10.1 Å². The zero-order valence-corrected chi connectivity index (χ0v) is 9.16. The molecule has 0 aliphatic rings. The molecule has 78 valence electrons. The highest BCUT2D eigenvalue weighted by atomic mass is 32.2. The lowest BCUT2D eigenvalue weighted by atomic mass is 10.3. The SMILES string of the molecule is COc1cc(NCCSC)ccc1F. The lowest BCUT2D eigenvalue weighted by Crippen LogP contribution is -2.04. The first-order valence-electron chi connectivity index (χ1n) is 4.34. The average molecular weight is 215 g/mol. The Morgan fingerprint density at radius 3 is 2.93 bits per heavy atom. The van der Waals surface area contributed by atoms with Crippen LogP contribution in [0.1, 0.15) is 0 Å². The summed E-state index contributed by atoms with van der Waals surface area (Å²) in [6, 6.07) is 4.77. The van der Waals surface area contributed by atoms with E-state index >= 15 is 0 Å². The van der Waals surface area contributed by atoms with Gasteiger partial charge in [-0.2, -0.15) is 11.8 Å². The number of anilines is 1. The second kappa shape index (κ2) is 5.75. The molecule has 4 heteroatoms. The van der Waals surface area contributed by atoms with Crippen molar-refractivity contribution in [1.29, 1.82) is 0 Å². The van der Waals surface area contributed by atoms with Crippen LogP contribution in [-0.2, 0) is 0 Å². The largest absolute Gasteiger partial charge is 0.494 e. The number of rotatable bonds is 5. The van der Waals surface area contributed by atoms with Gasteiger partial charge >= 0.3 is 0 Å². The Kier molecular flexibility index (Phi) is 4.59. The van der Waals surface area contributed by atoms with Crippen LogP contribution in [0.2, 0.25) is 0 Å². The highest BCUT2D eigenvalue weighted by Crippen LogP contribution is 2.21. The number of halogens is 1. The standard InChI is InChI=1S/C10H14FNOS/c1-13-10-7-8(3-4-9(10)11)12-5-6-14-2/h3-4,7,12H,5-6H2,1-2H3. The minimum Gasteiger partial charge on any atom is -0.494 e. The van der Waals surface area contributed by atoms with E-state index in [-0.39, 0.29) is 11.6 Å². The highest BCUT2D eigenvalue weighted by molar-refractivity contribution is 7.98. The Balaban J connectivity index is 2.60. The molecular formula is C10H14FNOS. The van der Waals surface area contributed by atoms with Gasteiger partial charge in [0, 0.05) is 24.1 Å². The number of hydrogen-bond donors (Lipinski definition) is 1. The van der Waals surface area contributed by atoms with E-state index in [1.165, 1.54) is 13.2 Å². The van der Waals surface area contributed by atoms with E-state index in [2.05, 4.69) is 5.32 Å². The molecule has 0 saturated carbocycles. The van der Waals surface area contributed by atoms with Gasteiger partial charge in [0.15, 0.2) is 11.6 Å². The van der Waals surface area contributed by atoms with Crippen LogP contribution in [0.25, 0.3) is 0 Å². The molecule has 2 nitrogen and oxygen atoms in total. The van der Waals surface area contributed by atoms with Crippen molar-refractivity contribution in [1.82, 2.24) is 0 Å². The van der Waals surface area contributed by atoms with Crippen molar-refractivity contribution in [2.45, 2.75) is 0 Å². The molecule has 0 saturated heterocycles. The van der Waals surface area contributed by atoms with Crippen molar-refractivity contribution in [3.05, 3.63) is 24.0 Å². The predicted octanol–water partition coefficient (Wildman–Crippen LogP) is 2.61. The average Bonchev–Trinajstić information content (AvgIpc) is 2.21. The van der Waals surface area contributed by atoms with Gasteiger partial charge in [-0.1, -0.05) is 0 Å². The fourth-order valence-electron chi connectivity index (χ4n) is 1.07. The van der Waals surface area contributed by atoms with Gasteiger partial charge in [0.2, 0.25) is 0 Å². The number of methoxy groups -OCH3 is 1. The van der Waals surface area contributed by atoms with Gasteiger partial charge in [-0.25, -0.2) is 4.39 Å². The fraction of sp³-hybridized carbons (Fsp3) is 0.400. The monoisotopic (exact) mass is 215 g/mol. The summed E-state index contributed by atoms with van der Waals surface area (Å²) < 4.78 is 17.9. The van der Waals surface area contributed by atoms with Crippen molar-refractivity contribution in [2.24, 2.45) is 0 Å². The molecule has 0 atom stereocenters. The number of thioether (sulfide) groups is 1. The second-order valence-corrected chi connectivity index (χ2v) is 3.75. The van der Waals surface area contributed by atoms with Crippen LogP contribution < -0.4 is 10.1 Å². The van der Waals surface area contributed by atoms with Crippen LogP contribution in [-0.4, -0.2) is 25.7 Å². The third-order valence-corrected chi connectivity index (χ3v) is 2.40. The zero-order valence-electron chi connectivity index (χ0n) is 8.34. The van der Waals surface area contributed by atoms with Gasteiger partial charge in [-0.15, -0.1) is 0 Å². The predicted molar refractivity (Wildman–Crippen MR) is 59.8 cm³/mol.